The van der Waals surface area contributed by atoms with Crippen molar-refractivity contribution in [3.05, 3.63) is 35.9 Å². The van der Waals surface area contributed by atoms with Gasteiger partial charge in [0.15, 0.2) is 0 Å². The highest BCUT2D eigenvalue weighted by molar-refractivity contribution is 7.98. The predicted octanol–water partition coefficient (Wildman–Crippen LogP) is 3.41. The third-order valence-corrected chi connectivity index (χ3v) is 3.51. The molecule has 1 aromatic rings. The van der Waals surface area contributed by atoms with E-state index in [9.17, 15) is 5.26 Å². The standard InChI is InChI=1S/C13H14N2S/c1-16-13-8-4-7-12(11(13)9-14)15-10-5-2-3-6-10/h2-4,7-8,10,15H,5-6H2,1H3. The van der Waals surface area contributed by atoms with Crippen molar-refractivity contribution in [1.29, 1.82) is 5.26 Å². The second kappa shape index (κ2) is 5.09. The number of nitriles is 1. The van der Waals surface area contributed by atoms with Gasteiger partial charge in [-0.15, -0.1) is 11.8 Å². The molecule has 16 heavy (non-hydrogen) atoms. The third kappa shape index (κ3) is 2.23. The molecule has 0 bridgehead atoms. The molecule has 0 saturated carbocycles. The molecule has 0 spiro atoms. The van der Waals surface area contributed by atoms with Crippen LogP contribution >= 0.6 is 11.8 Å². The molecule has 1 aromatic carbocycles. The quantitative estimate of drug-likeness (QED) is 0.638. The van der Waals surface area contributed by atoms with Crippen LogP contribution in [0.4, 0.5) is 5.69 Å². The summed E-state index contributed by atoms with van der Waals surface area (Å²) < 4.78 is 0. The van der Waals surface area contributed by atoms with Gasteiger partial charge >= 0.3 is 0 Å². The van der Waals surface area contributed by atoms with Crippen molar-refractivity contribution in [1.82, 2.24) is 0 Å². The van der Waals surface area contributed by atoms with E-state index in [0.717, 1.165) is 29.0 Å². The van der Waals surface area contributed by atoms with Crippen LogP contribution < -0.4 is 5.32 Å². The molecular formula is C13H14N2S. The smallest absolute Gasteiger partial charge is 0.102 e. The van der Waals surface area contributed by atoms with E-state index in [4.69, 9.17) is 0 Å². The van der Waals surface area contributed by atoms with E-state index in [1.165, 1.54) is 0 Å². The van der Waals surface area contributed by atoms with E-state index in [0.29, 0.717) is 6.04 Å². The van der Waals surface area contributed by atoms with Crippen molar-refractivity contribution < 1.29 is 0 Å². The van der Waals surface area contributed by atoms with Gasteiger partial charge in [0.05, 0.1) is 11.3 Å². The van der Waals surface area contributed by atoms with Crippen LogP contribution in [0.25, 0.3) is 0 Å². The molecule has 1 aliphatic rings. The van der Waals surface area contributed by atoms with Gasteiger partial charge in [0.2, 0.25) is 0 Å². The fourth-order valence-corrected chi connectivity index (χ4v) is 2.47. The lowest BCUT2D eigenvalue weighted by Crippen LogP contribution is -2.15. The van der Waals surface area contributed by atoms with Crippen LogP contribution in [0.15, 0.2) is 35.2 Å². The molecule has 2 rings (SSSR count). The Labute approximate surface area is 100 Å². The van der Waals surface area contributed by atoms with Gasteiger partial charge in [-0.1, -0.05) is 18.2 Å². The van der Waals surface area contributed by atoms with Crippen molar-refractivity contribution in [3.63, 3.8) is 0 Å². The summed E-state index contributed by atoms with van der Waals surface area (Å²) in [5.41, 5.74) is 1.73. The molecule has 1 N–H and O–H groups in total. The molecule has 0 amide bonds. The minimum absolute atomic E-state index is 0.448. The fourth-order valence-electron chi connectivity index (χ4n) is 1.89. The van der Waals surface area contributed by atoms with Crippen molar-refractivity contribution in [2.75, 3.05) is 11.6 Å². The molecule has 0 saturated heterocycles. The largest absolute Gasteiger partial charge is 0.381 e. The van der Waals surface area contributed by atoms with Crippen molar-refractivity contribution >= 4 is 17.4 Å². The third-order valence-electron chi connectivity index (χ3n) is 2.73. The van der Waals surface area contributed by atoms with Crippen LogP contribution in [0, 0.1) is 11.3 Å². The summed E-state index contributed by atoms with van der Waals surface area (Å²) in [6.45, 7) is 0. The highest BCUT2D eigenvalue weighted by Crippen LogP contribution is 2.28. The summed E-state index contributed by atoms with van der Waals surface area (Å²) in [5, 5.41) is 12.6. The summed E-state index contributed by atoms with van der Waals surface area (Å²) in [7, 11) is 0. The first-order valence-corrected chi connectivity index (χ1v) is 6.56. The topological polar surface area (TPSA) is 35.8 Å². The van der Waals surface area contributed by atoms with Gasteiger partial charge < -0.3 is 5.32 Å². The minimum atomic E-state index is 0.448. The number of hydrogen-bond acceptors (Lipinski definition) is 3. The Morgan fingerprint density at radius 2 is 2.12 bits per heavy atom. The summed E-state index contributed by atoms with van der Waals surface area (Å²) in [6.07, 6.45) is 8.46. The van der Waals surface area contributed by atoms with E-state index in [1.54, 1.807) is 11.8 Å². The van der Waals surface area contributed by atoms with E-state index < -0.39 is 0 Å². The van der Waals surface area contributed by atoms with Crippen molar-refractivity contribution in [2.24, 2.45) is 0 Å². The van der Waals surface area contributed by atoms with Gasteiger partial charge in [0.1, 0.15) is 6.07 Å². The van der Waals surface area contributed by atoms with Crippen LogP contribution in [-0.2, 0) is 0 Å². The number of anilines is 1. The van der Waals surface area contributed by atoms with Gasteiger partial charge in [0.25, 0.3) is 0 Å². The second-order valence-corrected chi connectivity index (χ2v) is 4.63. The van der Waals surface area contributed by atoms with Crippen LogP contribution in [0.5, 0.6) is 0 Å². The summed E-state index contributed by atoms with van der Waals surface area (Å²) >= 11 is 1.61. The summed E-state index contributed by atoms with van der Waals surface area (Å²) in [6, 6.07) is 8.70. The lowest BCUT2D eigenvalue weighted by atomic mass is 10.1. The molecule has 0 heterocycles. The molecule has 0 aromatic heterocycles. The molecule has 3 heteroatoms. The fraction of sp³-hybridized carbons (Fsp3) is 0.308. The Morgan fingerprint density at radius 3 is 2.75 bits per heavy atom. The number of hydrogen-bond donors (Lipinski definition) is 1. The maximum Gasteiger partial charge on any atom is 0.102 e. The van der Waals surface area contributed by atoms with Crippen LogP contribution in [0.2, 0.25) is 0 Å². The van der Waals surface area contributed by atoms with Crippen molar-refractivity contribution in [3.8, 4) is 6.07 Å². The second-order valence-electron chi connectivity index (χ2n) is 3.78. The summed E-state index contributed by atoms with van der Waals surface area (Å²) in [4.78, 5) is 1.04. The molecule has 2 nitrogen and oxygen atoms in total. The highest BCUT2D eigenvalue weighted by atomic mass is 32.2. The van der Waals surface area contributed by atoms with Gasteiger partial charge in [-0.05, 0) is 31.2 Å². The monoisotopic (exact) mass is 230 g/mol. The van der Waals surface area contributed by atoms with E-state index in [1.807, 2.05) is 24.5 Å². The Hall–Kier alpha value is -1.40. The predicted molar refractivity (Wildman–Crippen MR) is 68.7 cm³/mol. The normalized spacial score (nSPS) is 15.0. The SMILES string of the molecule is CSc1cccc(NC2CC=CC2)c1C#N. The van der Waals surface area contributed by atoms with Crippen LogP contribution in [0.1, 0.15) is 18.4 Å². The zero-order valence-electron chi connectivity index (χ0n) is 9.23. The molecule has 0 radical (unpaired) electrons. The summed E-state index contributed by atoms with van der Waals surface area (Å²) in [5.74, 6) is 0. The Bertz CT molecular complexity index is 438. The first-order valence-electron chi connectivity index (χ1n) is 5.33. The zero-order valence-corrected chi connectivity index (χ0v) is 10.1. The number of benzene rings is 1. The minimum Gasteiger partial charge on any atom is -0.381 e. The van der Waals surface area contributed by atoms with E-state index >= 15 is 0 Å². The Morgan fingerprint density at radius 1 is 1.38 bits per heavy atom. The molecule has 0 atom stereocenters. The first kappa shape index (κ1) is 11.1. The van der Waals surface area contributed by atoms with Crippen LogP contribution in [0.3, 0.4) is 0 Å². The highest BCUT2D eigenvalue weighted by Gasteiger charge is 2.13. The number of nitrogens with one attached hydrogen (secondary N) is 1. The lowest BCUT2D eigenvalue weighted by molar-refractivity contribution is 0.786. The average Bonchev–Trinajstić information content (AvgIpc) is 2.81. The van der Waals surface area contributed by atoms with Crippen molar-refractivity contribution in [2.45, 2.75) is 23.8 Å². The number of nitrogens with zero attached hydrogens (tertiary/aromatic N) is 1. The van der Waals surface area contributed by atoms with E-state index in [2.05, 4.69) is 23.5 Å². The Balaban J connectivity index is 2.23. The van der Waals surface area contributed by atoms with Gasteiger partial charge in [-0.25, -0.2) is 0 Å². The van der Waals surface area contributed by atoms with E-state index in [-0.39, 0.29) is 0 Å². The van der Waals surface area contributed by atoms with Gasteiger partial charge in [0, 0.05) is 10.9 Å². The van der Waals surface area contributed by atoms with Gasteiger partial charge in [-0.3, -0.25) is 0 Å². The molecule has 82 valence electrons. The first-order chi connectivity index (χ1) is 7.85. The molecule has 0 unspecified atom stereocenters. The molecular weight excluding hydrogens is 216 g/mol. The molecule has 0 fully saturated rings. The molecule has 1 aliphatic carbocycles. The average molecular weight is 230 g/mol. The molecule has 0 aliphatic heterocycles. The maximum atomic E-state index is 9.19. The maximum absolute atomic E-state index is 9.19. The van der Waals surface area contributed by atoms with Crippen LogP contribution in [-0.4, -0.2) is 12.3 Å². The number of rotatable bonds is 3. The van der Waals surface area contributed by atoms with Gasteiger partial charge in [-0.2, -0.15) is 5.26 Å². The Kier molecular flexibility index (Phi) is 3.53. The zero-order chi connectivity index (χ0) is 11.4. The number of thioether (sulfide) groups is 1. The lowest BCUT2D eigenvalue weighted by Gasteiger charge is -2.15.